The highest BCUT2D eigenvalue weighted by Gasteiger charge is 2.52. The van der Waals surface area contributed by atoms with E-state index in [9.17, 15) is 0 Å². The maximum absolute atomic E-state index is 6.37. The molecule has 0 bridgehead atoms. The molecular formula is C25H22BNO3S. The summed E-state index contributed by atoms with van der Waals surface area (Å²) in [5.74, 6) is 0.642. The van der Waals surface area contributed by atoms with E-state index in [-0.39, 0.29) is 11.2 Å². The average Bonchev–Trinajstić information content (AvgIpc) is 3.37. The van der Waals surface area contributed by atoms with Crippen LogP contribution in [0.1, 0.15) is 27.7 Å². The van der Waals surface area contributed by atoms with E-state index < -0.39 is 7.12 Å². The summed E-state index contributed by atoms with van der Waals surface area (Å²) >= 11 is 1.76. The van der Waals surface area contributed by atoms with Crippen LogP contribution in [-0.2, 0) is 9.31 Å². The Labute approximate surface area is 184 Å². The lowest BCUT2D eigenvalue weighted by Crippen LogP contribution is -2.41. The normalized spacial score (nSPS) is 17.9. The SMILES string of the molecule is CC1(C)OB(c2cccc3sc4cc5oc(-c6ccccc6)nc5cc4c23)OC1(C)C. The van der Waals surface area contributed by atoms with E-state index in [1.165, 1.54) is 14.8 Å². The first-order chi connectivity index (χ1) is 14.8. The van der Waals surface area contributed by atoms with Crippen molar-refractivity contribution in [2.75, 3.05) is 0 Å². The summed E-state index contributed by atoms with van der Waals surface area (Å²) in [6.07, 6.45) is 0. The molecule has 1 saturated heterocycles. The van der Waals surface area contributed by atoms with Gasteiger partial charge in [0.1, 0.15) is 5.52 Å². The Morgan fingerprint density at radius 1 is 0.839 bits per heavy atom. The van der Waals surface area contributed by atoms with E-state index in [0.29, 0.717) is 5.89 Å². The molecule has 0 amide bonds. The second kappa shape index (κ2) is 6.42. The fourth-order valence-electron chi connectivity index (χ4n) is 4.15. The van der Waals surface area contributed by atoms with Crippen molar-refractivity contribution in [1.29, 1.82) is 0 Å². The lowest BCUT2D eigenvalue weighted by atomic mass is 9.76. The molecule has 3 aromatic carbocycles. The van der Waals surface area contributed by atoms with Gasteiger partial charge >= 0.3 is 7.12 Å². The summed E-state index contributed by atoms with van der Waals surface area (Å²) in [6, 6.07) is 20.6. The average molecular weight is 427 g/mol. The van der Waals surface area contributed by atoms with E-state index in [2.05, 4.69) is 58.0 Å². The Balaban J connectivity index is 1.54. The number of aromatic nitrogens is 1. The Kier molecular flexibility index (Phi) is 3.95. The molecule has 0 atom stereocenters. The van der Waals surface area contributed by atoms with Crippen molar-refractivity contribution >= 4 is 55.2 Å². The maximum atomic E-state index is 6.37. The molecule has 0 radical (unpaired) electrons. The highest BCUT2D eigenvalue weighted by molar-refractivity contribution is 7.26. The zero-order valence-electron chi connectivity index (χ0n) is 17.9. The Morgan fingerprint density at radius 3 is 2.32 bits per heavy atom. The van der Waals surface area contributed by atoms with Crippen molar-refractivity contribution in [2.24, 2.45) is 0 Å². The van der Waals surface area contributed by atoms with Gasteiger partial charge in [-0.2, -0.15) is 0 Å². The van der Waals surface area contributed by atoms with Crippen molar-refractivity contribution in [1.82, 2.24) is 4.98 Å². The van der Waals surface area contributed by atoms with Gasteiger partial charge < -0.3 is 13.7 Å². The fourth-order valence-corrected chi connectivity index (χ4v) is 5.30. The second-order valence-corrected chi connectivity index (χ2v) is 10.2. The maximum Gasteiger partial charge on any atom is 0.495 e. The lowest BCUT2D eigenvalue weighted by molar-refractivity contribution is 0.00578. The molecule has 3 heterocycles. The van der Waals surface area contributed by atoms with E-state index >= 15 is 0 Å². The Bertz CT molecular complexity index is 1440. The molecule has 31 heavy (non-hydrogen) atoms. The van der Waals surface area contributed by atoms with Gasteiger partial charge in [-0.1, -0.05) is 30.3 Å². The summed E-state index contributed by atoms with van der Waals surface area (Å²) in [6.45, 7) is 8.34. The molecule has 0 spiro atoms. The van der Waals surface area contributed by atoms with Crippen LogP contribution in [-0.4, -0.2) is 23.3 Å². The van der Waals surface area contributed by atoms with Crippen LogP contribution < -0.4 is 5.46 Å². The zero-order chi connectivity index (χ0) is 21.4. The summed E-state index contributed by atoms with van der Waals surface area (Å²) < 4.78 is 21.2. The van der Waals surface area contributed by atoms with Crippen LogP contribution in [0.3, 0.4) is 0 Å². The zero-order valence-corrected chi connectivity index (χ0v) is 18.7. The number of hydrogen-bond donors (Lipinski definition) is 0. The summed E-state index contributed by atoms with van der Waals surface area (Å²) in [7, 11) is -0.403. The molecule has 6 heteroatoms. The molecule has 0 unspecified atom stereocenters. The molecule has 5 aromatic rings. The van der Waals surface area contributed by atoms with Crippen LogP contribution in [0.5, 0.6) is 0 Å². The lowest BCUT2D eigenvalue weighted by Gasteiger charge is -2.32. The van der Waals surface area contributed by atoms with Crippen molar-refractivity contribution in [3.05, 3.63) is 60.7 Å². The van der Waals surface area contributed by atoms with Crippen molar-refractivity contribution < 1.29 is 13.7 Å². The van der Waals surface area contributed by atoms with Crippen LogP contribution in [0, 0.1) is 0 Å². The predicted molar refractivity (Wildman–Crippen MR) is 128 cm³/mol. The van der Waals surface area contributed by atoms with Gasteiger partial charge in [-0.15, -0.1) is 11.3 Å². The standard InChI is InChI=1S/C25H22BNO3S/c1-24(2)25(3,4)30-26(29-24)17-11-8-12-20-22(17)16-13-18-19(14-21(16)31-20)28-23(27-18)15-9-6-5-7-10-15/h5-14H,1-4H3. The minimum atomic E-state index is -0.403. The summed E-state index contributed by atoms with van der Waals surface area (Å²) in [4.78, 5) is 4.77. The monoisotopic (exact) mass is 427 g/mol. The van der Waals surface area contributed by atoms with Crippen LogP contribution in [0.25, 0.3) is 42.7 Å². The molecule has 0 aliphatic carbocycles. The van der Waals surface area contributed by atoms with E-state index in [4.69, 9.17) is 18.7 Å². The number of rotatable bonds is 2. The molecule has 2 aromatic heterocycles. The molecule has 0 saturated carbocycles. The van der Waals surface area contributed by atoms with E-state index in [1.807, 2.05) is 30.3 Å². The molecule has 1 aliphatic rings. The van der Waals surface area contributed by atoms with Crippen molar-refractivity contribution in [3.8, 4) is 11.5 Å². The Morgan fingerprint density at radius 2 is 1.58 bits per heavy atom. The summed E-state index contributed by atoms with van der Waals surface area (Å²) in [5, 5.41) is 2.33. The third-order valence-corrected chi connectivity index (χ3v) is 7.68. The smallest absolute Gasteiger partial charge is 0.436 e. The molecule has 1 fully saturated rings. The minimum Gasteiger partial charge on any atom is -0.436 e. The first-order valence-corrected chi connectivity index (χ1v) is 11.3. The minimum absolute atomic E-state index is 0.379. The number of thiophene rings is 1. The number of oxazole rings is 1. The van der Waals surface area contributed by atoms with Crippen LogP contribution in [0.2, 0.25) is 0 Å². The third-order valence-electron chi connectivity index (χ3n) is 6.57. The number of hydrogen-bond acceptors (Lipinski definition) is 5. The van der Waals surface area contributed by atoms with Gasteiger partial charge in [-0.3, -0.25) is 0 Å². The topological polar surface area (TPSA) is 44.5 Å². The van der Waals surface area contributed by atoms with Gasteiger partial charge in [0.05, 0.1) is 11.2 Å². The molecule has 0 N–H and O–H groups in total. The van der Waals surface area contributed by atoms with Gasteiger partial charge in [0.15, 0.2) is 5.58 Å². The largest absolute Gasteiger partial charge is 0.495 e. The molecule has 1 aliphatic heterocycles. The van der Waals surface area contributed by atoms with Gasteiger partial charge in [0.2, 0.25) is 5.89 Å². The quantitative estimate of drug-likeness (QED) is 0.317. The van der Waals surface area contributed by atoms with Gasteiger partial charge in [0, 0.05) is 31.8 Å². The number of fused-ring (bicyclic) bond motifs is 4. The van der Waals surface area contributed by atoms with Gasteiger partial charge in [-0.05, 0) is 57.4 Å². The number of benzene rings is 3. The van der Waals surface area contributed by atoms with E-state index in [1.54, 1.807) is 11.3 Å². The predicted octanol–water partition coefficient (Wildman–Crippen LogP) is 6.16. The molecule has 154 valence electrons. The highest BCUT2D eigenvalue weighted by Crippen LogP contribution is 2.40. The van der Waals surface area contributed by atoms with Crippen LogP contribution in [0.4, 0.5) is 0 Å². The first kappa shape index (κ1) is 19.1. The first-order valence-electron chi connectivity index (χ1n) is 10.5. The summed E-state index contributed by atoms with van der Waals surface area (Å²) in [5.41, 5.74) is 2.94. The van der Waals surface area contributed by atoms with Crippen LogP contribution in [0.15, 0.2) is 65.1 Å². The van der Waals surface area contributed by atoms with E-state index in [0.717, 1.165) is 27.5 Å². The van der Waals surface area contributed by atoms with Crippen LogP contribution >= 0.6 is 11.3 Å². The van der Waals surface area contributed by atoms with Gasteiger partial charge in [0.25, 0.3) is 0 Å². The Hall–Kier alpha value is -2.67. The third kappa shape index (κ3) is 2.86. The van der Waals surface area contributed by atoms with Crippen molar-refractivity contribution in [2.45, 2.75) is 38.9 Å². The molecular weight excluding hydrogens is 405 g/mol. The second-order valence-electron chi connectivity index (χ2n) is 9.11. The molecule has 4 nitrogen and oxygen atoms in total. The molecule has 6 rings (SSSR count). The van der Waals surface area contributed by atoms with Gasteiger partial charge in [-0.25, -0.2) is 4.98 Å². The fraction of sp³-hybridized carbons (Fsp3) is 0.240. The highest BCUT2D eigenvalue weighted by atomic mass is 32.1. The number of nitrogens with zero attached hydrogens (tertiary/aromatic N) is 1. The van der Waals surface area contributed by atoms with Crippen molar-refractivity contribution in [3.63, 3.8) is 0 Å².